The van der Waals surface area contributed by atoms with Crippen molar-refractivity contribution in [2.24, 2.45) is 5.92 Å². The van der Waals surface area contributed by atoms with Gasteiger partial charge in [-0.3, -0.25) is 0 Å². The largest absolute Gasteiger partial charge is 0.493 e. The molecule has 23 heavy (non-hydrogen) atoms. The molecule has 0 aromatic heterocycles. The molecular formula is C20H29NO2. The van der Waals surface area contributed by atoms with Crippen molar-refractivity contribution in [3.63, 3.8) is 0 Å². The van der Waals surface area contributed by atoms with Crippen LogP contribution < -0.4 is 10.1 Å². The summed E-state index contributed by atoms with van der Waals surface area (Å²) in [4.78, 5) is 0. The van der Waals surface area contributed by atoms with Crippen molar-refractivity contribution in [3.8, 4) is 5.75 Å². The molecule has 0 bridgehead atoms. The second-order valence-electron chi connectivity index (χ2n) is 6.32. The number of methoxy groups -OCH3 is 1. The molecule has 2 aromatic rings. The molecule has 0 radical (unpaired) electrons. The highest BCUT2D eigenvalue weighted by Crippen LogP contribution is 2.28. The molecular weight excluding hydrogens is 286 g/mol. The van der Waals surface area contributed by atoms with Gasteiger partial charge in [-0.1, -0.05) is 44.2 Å². The van der Waals surface area contributed by atoms with E-state index in [0.29, 0.717) is 5.92 Å². The molecule has 2 aromatic carbocycles. The summed E-state index contributed by atoms with van der Waals surface area (Å²) in [6.07, 6.45) is 2.10. The minimum atomic E-state index is 0.658. The zero-order valence-corrected chi connectivity index (χ0v) is 14.6. The first-order valence-corrected chi connectivity index (χ1v) is 8.55. The first kappa shape index (κ1) is 17.8. The molecule has 1 N–H and O–H groups in total. The van der Waals surface area contributed by atoms with Gasteiger partial charge in [0.1, 0.15) is 5.75 Å². The first-order valence-electron chi connectivity index (χ1n) is 8.55. The predicted octanol–water partition coefficient (Wildman–Crippen LogP) is 4.39. The van der Waals surface area contributed by atoms with Crippen molar-refractivity contribution in [1.29, 1.82) is 0 Å². The van der Waals surface area contributed by atoms with Gasteiger partial charge in [-0.05, 0) is 42.1 Å². The Hall–Kier alpha value is -1.58. The Bertz CT molecular complexity index is 595. The quantitative estimate of drug-likeness (QED) is 0.660. The monoisotopic (exact) mass is 315 g/mol. The van der Waals surface area contributed by atoms with E-state index in [2.05, 4.69) is 55.6 Å². The lowest BCUT2D eigenvalue weighted by Crippen LogP contribution is -2.17. The van der Waals surface area contributed by atoms with Crippen molar-refractivity contribution in [2.45, 2.75) is 33.2 Å². The van der Waals surface area contributed by atoms with Gasteiger partial charge in [0.25, 0.3) is 0 Å². The molecule has 0 spiro atoms. The second-order valence-corrected chi connectivity index (χ2v) is 6.32. The maximum Gasteiger partial charge on any atom is 0.124 e. The smallest absolute Gasteiger partial charge is 0.124 e. The number of benzene rings is 2. The maximum absolute atomic E-state index is 6.07. The highest BCUT2D eigenvalue weighted by Gasteiger charge is 2.09. The van der Waals surface area contributed by atoms with Crippen LogP contribution in [0.25, 0.3) is 10.8 Å². The third-order valence-electron chi connectivity index (χ3n) is 3.95. The molecule has 3 heteroatoms. The van der Waals surface area contributed by atoms with E-state index in [-0.39, 0.29) is 0 Å². The average molecular weight is 315 g/mol. The minimum Gasteiger partial charge on any atom is -0.493 e. The molecule has 0 saturated carbocycles. The van der Waals surface area contributed by atoms with Gasteiger partial charge in [-0.15, -0.1) is 0 Å². The molecule has 0 saturated heterocycles. The van der Waals surface area contributed by atoms with Gasteiger partial charge >= 0.3 is 0 Å². The lowest BCUT2D eigenvalue weighted by atomic mass is 10.0. The molecule has 0 unspecified atom stereocenters. The Balaban J connectivity index is 2.11. The molecule has 0 atom stereocenters. The predicted molar refractivity (Wildman–Crippen MR) is 97.1 cm³/mol. The highest BCUT2D eigenvalue weighted by atomic mass is 16.5. The van der Waals surface area contributed by atoms with Gasteiger partial charge in [0.05, 0.1) is 6.61 Å². The van der Waals surface area contributed by atoms with Gasteiger partial charge < -0.3 is 14.8 Å². The van der Waals surface area contributed by atoms with Crippen molar-refractivity contribution in [2.75, 3.05) is 26.9 Å². The van der Waals surface area contributed by atoms with Gasteiger partial charge in [0.2, 0.25) is 0 Å². The van der Waals surface area contributed by atoms with Gasteiger partial charge in [0, 0.05) is 25.8 Å². The third kappa shape index (κ3) is 5.52. The fraction of sp³-hybridized carbons (Fsp3) is 0.500. The Morgan fingerprint density at radius 3 is 2.65 bits per heavy atom. The van der Waals surface area contributed by atoms with Crippen LogP contribution in [0.3, 0.4) is 0 Å². The summed E-state index contributed by atoms with van der Waals surface area (Å²) in [6, 6.07) is 12.8. The van der Waals surface area contributed by atoms with Crippen LogP contribution >= 0.6 is 0 Å². The van der Waals surface area contributed by atoms with E-state index < -0.39 is 0 Å². The second kappa shape index (κ2) is 9.53. The Labute approximate surface area is 140 Å². The van der Waals surface area contributed by atoms with Crippen LogP contribution in [0.4, 0.5) is 0 Å². The molecule has 0 aliphatic heterocycles. The summed E-state index contributed by atoms with van der Waals surface area (Å²) in [7, 11) is 1.74. The lowest BCUT2D eigenvalue weighted by Gasteiger charge is -2.16. The summed E-state index contributed by atoms with van der Waals surface area (Å²) >= 11 is 0. The molecule has 2 rings (SSSR count). The standard InChI is InChI=1S/C20H29NO2/c1-16(2)11-14-23-20-10-9-17-7-4-5-8-18(17)19(20)15-21-12-6-13-22-3/h4-5,7-10,16,21H,6,11-15H2,1-3H3. The fourth-order valence-corrected chi connectivity index (χ4v) is 2.59. The molecule has 0 heterocycles. The zero-order chi connectivity index (χ0) is 16.5. The summed E-state index contributed by atoms with van der Waals surface area (Å²) < 4.78 is 11.2. The normalized spacial score (nSPS) is 11.3. The molecule has 0 aliphatic carbocycles. The van der Waals surface area contributed by atoms with E-state index in [1.165, 1.54) is 16.3 Å². The van der Waals surface area contributed by atoms with Crippen LogP contribution in [0.1, 0.15) is 32.3 Å². The topological polar surface area (TPSA) is 30.5 Å². The number of nitrogens with one attached hydrogen (secondary N) is 1. The van der Waals surface area contributed by atoms with E-state index in [1.807, 2.05) is 0 Å². The fourth-order valence-electron chi connectivity index (χ4n) is 2.59. The Kier molecular flexibility index (Phi) is 7.37. The Morgan fingerprint density at radius 2 is 1.87 bits per heavy atom. The highest BCUT2D eigenvalue weighted by molar-refractivity contribution is 5.87. The van der Waals surface area contributed by atoms with Crippen LogP contribution in [0, 0.1) is 5.92 Å². The van der Waals surface area contributed by atoms with Crippen LogP contribution in [-0.4, -0.2) is 26.9 Å². The number of hydrogen-bond donors (Lipinski definition) is 1. The molecule has 0 aliphatic rings. The number of rotatable bonds is 10. The average Bonchev–Trinajstić information content (AvgIpc) is 2.55. The van der Waals surface area contributed by atoms with Crippen molar-refractivity contribution >= 4 is 10.8 Å². The summed E-state index contributed by atoms with van der Waals surface area (Å²) in [5, 5.41) is 6.04. The van der Waals surface area contributed by atoms with Gasteiger partial charge in [-0.2, -0.15) is 0 Å². The van der Waals surface area contributed by atoms with E-state index in [4.69, 9.17) is 9.47 Å². The van der Waals surface area contributed by atoms with Crippen molar-refractivity contribution in [1.82, 2.24) is 5.32 Å². The van der Waals surface area contributed by atoms with E-state index in [9.17, 15) is 0 Å². The molecule has 0 fully saturated rings. The third-order valence-corrected chi connectivity index (χ3v) is 3.95. The number of fused-ring (bicyclic) bond motifs is 1. The Morgan fingerprint density at radius 1 is 1.04 bits per heavy atom. The lowest BCUT2D eigenvalue weighted by molar-refractivity contribution is 0.194. The zero-order valence-electron chi connectivity index (χ0n) is 14.6. The van der Waals surface area contributed by atoms with Crippen LogP contribution in [-0.2, 0) is 11.3 Å². The first-order chi connectivity index (χ1) is 11.2. The van der Waals surface area contributed by atoms with Crippen LogP contribution in [0.2, 0.25) is 0 Å². The summed E-state index contributed by atoms with van der Waals surface area (Å²) in [5.41, 5.74) is 1.25. The maximum atomic E-state index is 6.07. The van der Waals surface area contributed by atoms with E-state index >= 15 is 0 Å². The van der Waals surface area contributed by atoms with Crippen molar-refractivity contribution in [3.05, 3.63) is 42.0 Å². The minimum absolute atomic E-state index is 0.658. The van der Waals surface area contributed by atoms with Gasteiger partial charge in [-0.25, -0.2) is 0 Å². The number of hydrogen-bond acceptors (Lipinski definition) is 3. The van der Waals surface area contributed by atoms with Gasteiger partial charge in [0.15, 0.2) is 0 Å². The summed E-state index contributed by atoms with van der Waals surface area (Å²) in [5.74, 6) is 1.66. The van der Waals surface area contributed by atoms with Crippen molar-refractivity contribution < 1.29 is 9.47 Å². The van der Waals surface area contributed by atoms with Crippen LogP contribution in [0.15, 0.2) is 36.4 Å². The number of ether oxygens (including phenoxy) is 2. The molecule has 126 valence electrons. The van der Waals surface area contributed by atoms with Crippen LogP contribution in [0.5, 0.6) is 5.75 Å². The summed E-state index contributed by atoms with van der Waals surface area (Å²) in [6.45, 7) is 7.78. The SMILES string of the molecule is COCCCNCc1c(OCCC(C)C)ccc2ccccc12. The molecule has 0 amide bonds. The van der Waals surface area contributed by atoms with E-state index in [1.54, 1.807) is 7.11 Å². The molecule has 3 nitrogen and oxygen atoms in total. The van der Waals surface area contributed by atoms with E-state index in [0.717, 1.165) is 44.9 Å².